The van der Waals surface area contributed by atoms with E-state index in [9.17, 15) is 18.0 Å². The van der Waals surface area contributed by atoms with Gasteiger partial charge in [-0.2, -0.15) is 0 Å². The highest BCUT2D eigenvalue weighted by Crippen LogP contribution is 2.23. The molecule has 1 heterocycles. The molecule has 0 bridgehead atoms. The van der Waals surface area contributed by atoms with Crippen molar-refractivity contribution >= 4 is 27.7 Å². The molecule has 1 saturated heterocycles. The maximum Gasteiger partial charge on any atom is 0.268 e. The molecule has 0 aromatic heterocycles. The summed E-state index contributed by atoms with van der Waals surface area (Å²) >= 11 is 0. The molecular weight excluding hydrogens is 464 g/mol. The largest absolute Gasteiger partial charge is 0.457 e. The van der Waals surface area contributed by atoms with Crippen molar-refractivity contribution in [2.45, 2.75) is 19.4 Å². The molecule has 1 fully saturated rings. The van der Waals surface area contributed by atoms with E-state index in [-0.39, 0.29) is 17.2 Å². The maximum absolute atomic E-state index is 13.1. The van der Waals surface area contributed by atoms with E-state index in [1.165, 1.54) is 0 Å². The molecule has 0 radical (unpaired) electrons. The molecular formula is C27H26N2O5S. The first kappa shape index (κ1) is 24.2. The second-order valence-corrected chi connectivity index (χ2v) is 10.7. The summed E-state index contributed by atoms with van der Waals surface area (Å²) in [5.41, 5.74) is 2.05. The summed E-state index contributed by atoms with van der Waals surface area (Å²) in [6, 6.07) is 22.9. The van der Waals surface area contributed by atoms with Crippen LogP contribution in [0.4, 0.5) is 0 Å². The van der Waals surface area contributed by atoms with Crippen molar-refractivity contribution in [1.29, 1.82) is 0 Å². The molecule has 8 heteroatoms. The number of amides is 2. The number of rotatable bonds is 7. The summed E-state index contributed by atoms with van der Waals surface area (Å²) in [4.78, 5) is 25.9. The van der Waals surface area contributed by atoms with Gasteiger partial charge in [0.1, 0.15) is 17.2 Å². The zero-order chi connectivity index (χ0) is 24.8. The van der Waals surface area contributed by atoms with E-state index in [0.717, 1.165) is 5.56 Å². The van der Waals surface area contributed by atoms with Gasteiger partial charge in [-0.05, 0) is 61.4 Å². The van der Waals surface area contributed by atoms with Gasteiger partial charge in [0.05, 0.1) is 11.5 Å². The molecule has 1 atom stereocenters. The van der Waals surface area contributed by atoms with E-state index in [4.69, 9.17) is 4.74 Å². The number of hydrogen-bond donors (Lipinski definition) is 2. The van der Waals surface area contributed by atoms with Crippen LogP contribution in [0.1, 0.15) is 27.9 Å². The molecule has 0 saturated carbocycles. The lowest BCUT2D eigenvalue weighted by Gasteiger charge is -2.15. The molecule has 2 N–H and O–H groups in total. The summed E-state index contributed by atoms with van der Waals surface area (Å²) in [6.45, 7) is 1.92. The minimum atomic E-state index is -3.17. The van der Waals surface area contributed by atoms with Gasteiger partial charge < -0.3 is 15.4 Å². The van der Waals surface area contributed by atoms with E-state index in [1.807, 2.05) is 49.4 Å². The minimum Gasteiger partial charge on any atom is -0.457 e. The normalized spacial score (nSPS) is 16.9. The van der Waals surface area contributed by atoms with Crippen molar-refractivity contribution in [3.05, 3.63) is 101 Å². The Morgan fingerprint density at radius 3 is 2.34 bits per heavy atom. The molecule has 35 heavy (non-hydrogen) atoms. The topological polar surface area (TPSA) is 102 Å². The first-order valence-electron chi connectivity index (χ1n) is 11.2. The number of carbonyl (C=O) groups is 2. The second-order valence-electron chi connectivity index (χ2n) is 8.44. The lowest BCUT2D eigenvalue weighted by Crippen LogP contribution is -2.41. The van der Waals surface area contributed by atoms with Crippen molar-refractivity contribution in [1.82, 2.24) is 10.6 Å². The lowest BCUT2D eigenvalue weighted by atomic mass is 10.1. The van der Waals surface area contributed by atoms with Crippen molar-refractivity contribution in [3.8, 4) is 11.5 Å². The van der Waals surface area contributed by atoms with Crippen LogP contribution in [0.25, 0.3) is 6.08 Å². The summed E-state index contributed by atoms with van der Waals surface area (Å²) in [5.74, 6) is 0.159. The van der Waals surface area contributed by atoms with E-state index < -0.39 is 27.7 Å². The summed E-state index contributed by atoms with van der Waals surface area (Å²) in [7, 11) is -3.17. The number of benzene rings is 3. The fraction of sp³-hybridized carbons (Fsp3) is 0.185. The SMILES string of the molecule is Cc1ccc(C(=O)N/C(=C\c2cccc(Oc3ccccc3)c2)C(=O)N[C@@H]2CCS(=O)(=O)C2)cc1. The van der Waals surface area contributed by atoms with E-state index in [1.54, 1.807) is 42.5 Å². The zero-order valence-corrected chi connectivity index (χ0v) is 20.0. The third kappa shape index (κ3) is 6.80. The molecule has 0 spiro atoms. The first-order chi connectivity index (χ1) is 16.8. The molecule has 2 amide bonds. The highest BCUT2D eigenvalue weighted by atomic mass is 32.2. The van der Waals surface area contributed by atoms with Crippen LogP contribution in [-0.2, 0) is 14.6 Å². The molecule has 3 aromatic carbocycles. The number of para-hydroxylation sites is 1. The molecule has 1 aliphatic heterocycles. The quantitative estimate of drug-likeness (QED) is 0.490. The number of carbonyl (C=O) groups excluding carboxylic acids is 2. The fourth-order valence-corrected chi connectivity index (χ4v) is 5.36. The molecule has 180 valence electrons. The van der Waals surface area contributed by atoms with Crippen LogP contribution in [-0.4, -0.2) is 37.8 Å². The number of ether oxygens (including phenoxy) is 1. The van der Waals surface area contributed by atoms with Crippen LogP contribution in [0.2, 0.25) is 0 Å². The smallest absolute Gasteiger partial charge is 0.268 e. The van der Waals surface area contributed by atoms with Crippen LogP contribution in [0.3, 0.4) is 0 Å². The highest BCUT2D eigenvalue weighted by molar-refractivity contribution is 7.91. The van der Waals surface area contributed by atoms with Crippen LogP contribution in [0, 0.1) is 6.92 Å². The van der Waals surface area contributed by atoms with E-state index >= 15 is 0 Å². The highest BCUT2D eigenvalue weighted by Gasteiger charge is 2.30. The average Bonchev–Trinajstić information content (AvgIpc) is 3.18. The lowest BCUT2D eigenvalue weighted by molar-refractivity contribution is -0.118. The molecule has 0 aliphatic carbocycles. The maximum atomic E-state index is 13.1. The van der Waals surface area contributed by atoms with Crippen LogP contribution in [0.15, 0.2) is 84.6 Å². The Kier molecular flexibility index (Phi) is 7.31. The molecule has 7 nitrogen and oxygen atoms in total. The Morgan fingerprint density at radius 1 is 0.943 bits per heavy atom. The first-order valence-corrected chi connectivity index (χ1v) is 13.0. The van der Waals surface area contributed by atoms with Gasteiger partial charge in [0.25, 0.3) is 11.8 Å². The van der Waals surface area contributed by atoms with Gasteiger partial charge in [-0.25, -0.2) is 8.42 Å². The van der Waals surface area contributed by atoms with Crippen molar-refractivity contribution in [2.75, 3.05) is 11.5 Å². The fourth-order valence-electron chi connectivity index (χ4n) is 3.69. The standard InChI is InChI=1S/C27H26N2O5S/c1-19-10-12-21(13-11-19)26(30)29-25(27(31)28-22-14-15-35(32,33)18-22)17-20-6-5-9-24(16-20)34-23-7-3-2-4-8-23/h2-13,16-17,22H,14-15,18H2,1H3,(H,28,31)(H,29,30)/b25-17-/t22-/m1/s1. The predicted molar refractivity (Wildman–Crippen MR) is 135 cm³/mol. The Morgan fingerprint density at radius 2 is 1.66 bits per heavy atom. The van der Waals surface area contributed by atoms with E-state index in [2.05, 4.69) is 10.6 Å². The van der Waals surface area contributed by atoms with Gasteiger partial charge in [-0.15, -0.1) is 0 Å². The van der Waals surface area contributed by atoms with Gasteiger partial charge >= 0.3 is 0 Å². The third-order valence-electron chi connectivity index (χ3n) is 5.52. The Balaban J connectivity index is 1.58. The summed E-state index contributed by atoms with van der Waals surface area (Å²) in [6.07, 6.45) is 1.89. The molecule has 1 aliphatic rings. The summed E-state index contributed by atoms with van der Waals surface area (Å²) < 4.78 is 29.5. The Labute approximate surface area is 204 Å². The van der Waals surface area contributed by atoms with Crippen molar-refractivity contribution in [3.63, 3.8) is 0 Å². The van der Waals surface area contributed by atoms with Crippen LogP contribution >= 0.6 is 0 Å². The van der Waals surface area contributed by atoms with Crippen LogP contribution in [0.5, 0.6) is 11.5 Å². The monoisotopic (exact) mass is 490 g/mol. The third-order valence-corrected chi connectivity index (χ3v) is 7.29. The van der Waals surface area contributed by atoms with E-state index in [0.29, 0.717) is 29.0 Å². The van der Waals surface area contributed by atoms with Gasteiger partial charge in [-0.1, -0.05) is 48.0 Å². The molecule has 3 aromatic rings. The predicted octanol–water partition coefficient (Wildman–Crippen LogP) is 3.86. The number of aryl methyl sites for hydroxylation is 1. The zero-order valence-electron chi connectivity index (χ0n) is 19.2. The second kappa shape index (κ2) is 10.6. The number of hydrogen-bond acceptors (Lipinski definition) is 5. The molecule has 4 rings (SSSR count). The van der Waals surface area contributed by atoms with Gasteiger partial charge in [0.15, 0.2) is 9.84 Å². The van der Waals surface area contributed by atoms with Gasteiger partial charge in [-0.3, -0.25) is 9.59 Å². The van der Waals surface area contributed by atoms with Gasteiger partial charge in [0, 0.05) is 11.6 Å². The van der Waals surface area contributed by atoms with Crippen molar-refractivity contribution < 1.29 is 22.7 Å². The minimum absolute atomic E-state index is 0.0109. The van der Waals surface area contributed by atoms with Crippen LogP contribution < -0.4 is 15.4 Å². The average molecular weight is 491 g/mol. The number of nitrogens with one attached hydrogen (secondary N) is 2. The van der Waals surface area contributed by atoms with Gasteiger partial charge in [0.2, 0.25) is 0 Å². The Bertz CT molecular complexity index is 1350. The van der Waals surface area contributed by atoms with Crippen molar-refractivity contribution in [2.24, 2.45) is 0 Å². The summed E-state index contributed by atoms with van der Waals surface area (Å²) in [5, 5.41) is 5.43. The molecule has 0 unspecified atom stereocenters. The number of sulfone groups is 1. The Hall–Kier alpha value is -3.91.